The van der Waals surface area contributed by atoms with Crippen molar-refractivity contribution < 1.29 is 0 Å². The molecule has 1 rings (SSSR count). The van der Waals surface area contributed by atoms with Crippen LogP contribution in [0.2, 0.25) is 0 Å². The molecule has 0 heterocycles. The third kappa shape index (κ3) is 10.8. The molecule has 1 aromatic carbocycles. The third-order valence-corrected chi connectivity index (χ3v) is 3.54. The second-order valence-corrected chi connectivity index (χ2v) is 6.19. The molecule has 0 aromatic heterocycles. The van der Waals surface area contributed by atoms with Gasteiger partial charge in [-0.3, -0.25) is 0 Å². The summed E-state index contributed by atoms with van der Waals surface area (Å²) in [6, 6.07) is 8.44. The van der Waals surface area contributed by atoms with E-state index in [0.717, 1.165) is 37.9 Å². The zero-order valence-corrected chi connectivity index (χ0v) is 15.7. The van der Waals surface area contributed by atoms with Crippen LogP contribution < -0.4 is 10.6 Å². The highest BCUT2D eigenvalue weighted by Gasteiger charge is 1.91. The van der Waals surface area contributed by atoms with Crippen LogP contribution in [0.15, 0.2) is 79.1 Å². The van der Waals surface area contributed by atoms with Gasteiger partial charge in [-0.1, -0.05) is 55.5 Å². The van der Waals surface area contributed by atoms with Crippen molar-refractivity contribution in [1.82, 2.24) is 5.32 Å². The highest BCUT2D eigenvalue weighted by atomic mass is 14.9. The van der Waals surface area contributed by atoms with Gasteiger partial charge in [-0.2, -0.15) is 0 Å². The Morgan fingerprint density at radius 1 is 1.04 bits per heavy atom. The molecule has 0 atom stereocenters. The molecule has 134 valence electrons. The minimum Gasteiger partial charge on any atom is -0.391 e. The molecule has 2 nitrogen and oxygen atoms in total. The summed E-state index contributed by atoms with van der Waals surface area (Å²) in [5, 5.41) is 6.64. The van der Waals surface area contributed by atoms with Gasteiger partial charge in [0.05, 0.1) is 0 Å². The van der Waals surface area contributed by atoms with Gasteiger partial charge < -0.3 is 10.6 Å². The summed E-state index contributed by atoms with van der Waals surface area (Å²) in [6.07, 6.45) is 15.4. The average Bonchev–Trinajstić information content (AvgIpc) is 2.61. The molecule has 0 unspecified atom stereocenters. The van der Waals surface area contributed by atoms with Crippen molar-refractivity contribution in [3.8, 4) is 0 Å². The van der Waals surface area contributed by atoms with Gasteiger partial charge in [0.15, 0.2) is 0 Å². The Balaban J connectivity index is 2.30. The maximum absolute atomic E-state index is 4.04. The third-order valence-electron chi connectivity index (χ3n) is 3.54. The lowest BCUT2D eigenvalue weighted by atomic mass is 10.1. The van der Waals surface area contributed by atoms with Gasteiger partial charge in [0.2, 0.25) is 0 Å². The Labute approximate surface area is 153 Å². The lowest BCUT2D eigenvalue weighted by Crippen LogP contribution is -2.06. The van der Waals surface area contributed by atoms with Gasteiger partial charge in [-0.05, 0) is 61.7 Å². The number of benzene rings is 1. The van der Waals surface area contributed by atoms with Crippen LogP contribution in [0.1, 0.15) is 38.7 Å². The van der Waals surface area contributed by atoms with E-state index in [1.54, 1.807) is 0 Å². The van der Waals surface area contributed by atoms with E-state index in [2.05, 4.69) is 68.0 Å². The number of allylic oxidation sites excluding steroid dienone is 6. The second kappa shape index (κ2) is 12.9. The first kappa shape index (κ1) is 20.6. The average molecular weight is 337 g/mol. The van der Waals surface area contributed by atoms with E-state index in [4.69, 9.17) is 0 Å². The van der Waals surface area contributed by atoms with E-state index in [0.29, 0.717) is 0 Å². The van der Waals surface area contributed by atoms with Crippen molar-refractivity contribution in [2.75, 3.05) is 18.4 Å². The summed E-state index contributed by atoms with van der Waals surface area (Å²) in [4.78, 5) is 0. The largest absolute Gasteiger partial charge is 0.391 e. The molecule has 2 N–H and O–H groups in total. The molecule has 0 saturated heterocycles. The molecule has 0 aliphatic rings. The summed E-state index contributed by atoms with van der Waals surface area (Å²) in [5.74, 6) is 0. The van der Waals surface area contributed by atoms with Crippen LogP contribution in [0, 0.1) is 0 Å². The Hall–Kier alpha value is -2.48. The highest BCUT2D eigenvalue weighted by Crippen LogP contribution is 2.11. The monoisotopic (exact) mass is 336 g/mol. The van der Waals surface area contributed by atoms with Crippen LogP contribution in [-0.2, 0) is 0 Å². The first-order chi connectivity index (χ1) is 12.1. The normalized spacial score (nSPS) is 11.4. The number of hydrogen-bond acceptors (Lipinski definition) is 2. The Morgan fingerprint density at radius 3 is 2.48 bits per heavy atom. The number of nitrogens with one attached hydrogen (secondary N) is 2. The summed E-state index contributed by atoms with van der Waals surface area (Å²) in [7, 11) is 0. The SMILES string of the molecule is C=C(/C=C\C=C/NCCCC(=C)C)/C=C/c1ccc(NCCC)cc1. The van der Waals surface area contributed by atoms with Crippen LogP contribution in [0.25, 0.3) is 6.08 Å². The first-order valence-electron chi connectivity index (χ1n) is 9.03. The fourth-order valence-electron chi connectivity index (χ4n) is 2.12. The molecule has 0 saturated carbocycles. The fraction of sp³-hybridized carbons (Fsp3) is 0.304. The van der Waals surface area contributed by atoms with E-state index < -0.39 is 0 Å². The molecule has 0 spiro atoms. The topological polar surface area (TPSA) is 24.1 Å². The van der Waals surface area contributed by atoms with Gasteiger partial charge in [-0.25, -0.2) is 0 Å². The smallest absolute Gasteiger partial charge is 0.0340 e. The summed E-state index contributed by atoms with van der Waals surface area (Å²) in [5.41, 5.74) is 4.55. The number of hydrogen-bond donors (Lipinski definition) is 2. The van der Waals surface area contributed by atoms with Gasteiger partial charge in [-0.15, -0.1) is 6.58 Å². The van der Waals surface area contributed by atoms with Gasteiger partial charge in [0.25, 0.3) is 0 Å². The number of anilines is 1. The molecule has 0 bridgehead atoms. The van der Waals surface area contributed by atoms with Crippen molar-refractivity contribution >= 4 is 11.8 Å². The zero-order chi connectivity index (χ0) is 18.3. The Kier molecular flexibility index (Phi) is 10.6. The maximum atomic E-state index is 4.04. The van der Waals surface area contributed by atoms with Crippen LogP contribution >= 0.6 is 0 Å². The zero-order valence-electron chi connectivity index (χ0n) is 15.7. The molecule has 0 aliphatic carbocycles. The van der Waals surface area contributed by atoms with Crippen LogP contribution in [0.4, 0.5) is 5.69 Å². The second-order valence-electron chi connectivity index (χ2n) is 6.19. The fourth-order valence-corrected chi connectivity index (χ4v) is 2.12. The van der Waals surface area contributed by atoms with Crippen molar-refractivity contribution in [2.24, 2.45) is 0 Å². The molecule has 0 amide bonds. The Morgan fingerprint density at radius 2 is 1.80 bits per heavy atom. The van der Waals surface area contributed by atoms with E-state index in [1.165, 1.54) is 16.8 Å². The quantitative estimate of drug-likeness (QED) is 0.274. The molecule has 0 fully saturated rings. The lowest BCUT2D eigenvalue weighted by molar-refractivity contribution is 0.748. The van der Waals surface area contributed by atoms with Gasteiger partial charge >= 0.3 is 0 Å². The molecular weight excluding hydrogens is 304 g/mol. The van der Waals surface area contributed by atoms with E-state index >= 15 is 0 Å². The number of rotatable bonds is 12. The maximum Gasteiger partial charge on any atom is 0.0340 e. The highest BCUT2D eigenvalue weighted by molar-refractivity contribution is 5.57. The molecule has 0 radical (unpaired) electrons. The van der Waals surface area contributed by atoms with Crippen LogP contribution in [0.3, 0.4) is 0 Å². The van der Waals surface area contributed by atoms with Crippen LogP contribution in [-0.4, -0.2) is 13.1 Å². The molecule has 0 aliphatic heterocycles. The predicted molar refractivity (Wildman–Crippen MR) is 114 cm³/mol. The first-order valence-corrected chi connectivity index (χ1v) is 9.03. The van der Waals surface area contributed by atoms with E-state index in [-0.39, 0.29) is 0 Å². The van der Waals surface area contributed by atoms with Crippen molar-refractivity contribution in [1.29, 1.82) is 0 Å². The minimum absolute atomic E-state index is 0.972. The minimum atomic E-state index is 0.972. The standard InChI is InChI=1S/C23H32N2/c1-5-17-25-23-15-13-22(14-16-23)12-11-21(4)10-6-7-18-24-19-8-9-20(2)3/h6-7,10-16,18,24-25H,2,4-5,8-9,17,19H2,1,3H3/b10-6-,12-11+,18-7-. The molecule has 25 heavy (non-hydrogen) atoms. The molecular formula is C23H32N2. The summed E-state index contributed by atoms with van der Waals surface area (Å²) < 4.78 is 0. The molecule has 2 heteroatoms. The molecule has 1 aromatic rings. The summed E-state index contributed by atoms with van der Waals surface area (Å²) in [6.45, 7) is 14.2. The van der Waals surface area contributed by atoms with Crippen molar-refractivity contribution in [3.05, 3.63) is 84.6 Å². The van der Waals surface area contributed by atoms with Gasteiger partial charge in [0, 0.05) is 18.8 Å². The van der Waals surface area contributed by atoms with Crippen LogP contribution in [0.5, 0.6) is 0 Å². The van der Waals surface area contributed by atoms with Crippen molar-refractivity contribution in [3.63, 3.8) is 0 Å². The predicted octanol–water partition coefficient (Wildman–Crippen LogP) is 6.09. The van der Waals surface area contributed by atoms with Crippen molar-refractivity contribution in [2.45, 2.75) is 33.1 Å². The Bertz CT molecular complexity index is 603. The lowest BCUT2D eigenvalue weighted by Gasteiger charge is -2.04. The van der Waals surface area contributed by atoms with E-state index in [1.807, 2.05) is 30.5 Å². The van der Waals surface area contributed by atoms with Gasteiger partial charge in [0.1, 0.15) is 0 Å². The van der Waals surface area contributed by atoms with E-state index in [9.17, 15) is 0 Å². The summed E-state index contributed by atoms with van der Waals surface area (Å²) >= 11 is 0.